The van der Waals surface area contributed by atoms with E-state index in [4.69, 9.17) is 11.6 Å². The van der Waals surface area contributed by atoms with Crippen LogP contribution in [0.3, 0.4) is 0 Å². The summed E-state index contributed by atoms with van der Waals surface area (Å²) in [6, 6.07) is 7.81. The molecule has 41 heavy (non-hydrogen) atoms. The maximum Gasteiger partial charge on any atom is 0.275 e. The van der Waals surface area contributed by atoms with E-state index in [-0.39, 0.29) is 34.3 Å². The smallest absolute Gasteiger partial charge is 0.275 e. The molecule has 0 spiro atoms. The lowest BCUT2D eigenvalue weighted by atomic mass is 10.0. The van der Waals surface area contributed by atoms with Gasteiger partial charge in [-0.15, -0.1) is 0 Å². The fourth-order valence-corrected chi connectivity index (χ4v) is 5.52. The Balaban J connectivity index is 1.18. The van der Waals surface area contributed by atoms with Crippen LogP contribution in [0.25, 0.3) is 11.3 Å². The van der Waals surface area contributed by atoms with Crippen LogP contribution in [-0.2, 0) is 4.79 Å². The molecule has 0 bridgehead atoms. The zero-order valence-electron chi connectivity index (χ0n) is 22.0. The Bertz CT molecular complexity index is 1690. The summed E-state index contributed by atoms with van der Waals surface area (Å²) in [7, 11) is 0. The first kappa shape index (κ1) is 26.9. The molecule has 2 fully saturated rings. The molecule has 8 nitrogen and oxygen atoms in total. The lowest BCUT2D eigenvalue weighted by molar-refractivity contribution is -0.118. The van der Waals surface area contributed by atoms with E-state index in [1.54, 1.807) is 10.9 Å². The number of aryl methyl sites for hydroxylation is 1. The second-order valence-corrected chi connectivity index (χ2v) is 10.8. The average molecular weight is 581 g/mol. The summed E-state index contributed by atoms with van der Waals surface area (Å²) < 4.78 is 43.5. The molecule has 1 saturated carbocycles. The number of nitrogens with one attached hydrogen (secondary N) is 1. The number of anilines is 2. The summed E-state index contributed by atoms with van der Waals surface area (Å²) >= 11 is 5.81. The molecular weight excluding hydrogens is 557 g/mol. The molecule has 210 valence electrons. The Hall–Kier alpha value is -4.25. The first-order chi connectivity index (χ1) is 19.6. The molecule has 1 aliphatic carbocycles. The van der Waals surface area contributed by atoms with Crippen molar-refractivity contribution in [3.8, 4) is 11.3 Å². The highest BCUT2D eigenvalue weighted by Crippen LogP contribution is 2.47. The molecule has 1 saturated heterocycles. The molecule has 2 aromatic heterocycles. The van der Waals surface area contributed by atoms with E-state index in [0.29, 0.717) is 11.6 Å². The molecule has 2 amide bonds. The predicted octanol–water partition coefficient (Wildman–Crippen LogP) is 6.22. The number of benzene rings is 2. The minimum atomic E-state index is -2.99. The SMILES string of the molecule is Cc1cc(N2C[C@H]3C[C@H]3C2=O)ccc1[C@@H](C)n1cc(NC(=O)c2cncc(-c3c(C(F)F)ccc(Cl)c3F)n2)cn1. The molecule has 3 heterocycles. The number of carbonyl (C=O) groups excluding carboxylic acids is 2. The number of rotatable bonds is 7. The Labute approximate surface area is 238 Å². The third-order valence-electron chi connectivity index (χ3n) is 7.68. The molecule has 4 aromatic rings. The van der Waals surface area contributed by atoms with E-state index in [1.807, 2.05) is 36.9 Å². The zero-order valence-corrected chi connectivity index (χ0v) is 22.7. The highest BCUT2D eigenvalue weighted by atomic mass is 35.5. The topological polar surface area (TPSA) is 93.0 Å². The van der Waals surface area contributed by atoms with E-state index >= 15 is 0 Å². The molecule has 1 N–H and O–H groups in total. The number of hydrogen-bond acceptors (Lipinski definition) is 5. The lowest BCUT2D eigenvalue weighted by Gasteiger charge is -2.21. The molecule has 0 unspecified atom stereocenters. The molecule has 0 radical (unpaired) electrons. The standard InChI is InChI=1S/C29H24ClF3N6O2/c1-14-7-18(38-12-16-8-21(16)29(38)41)3-4-19(14)15(2)39-13-17(9-35-39)36-28(40)24-11-34-10-23(37-24)25-20(27(32)33)5-6-22(30)26(25)31/h3-7,9-11,13,15-16,21,27H,8,12H2,1-2H3,(H,36,40)/t15-,16-,21-/m1/s1. The molecule has 12 heteroatoms. The summed E-state index contributed by atoms with van der Waals surface area (Å²) in [4.78, 5) is 35.2. The quantitative estimate of drug-likeness (QED) is 0.280. The van der Waals surface area contributed by atoms with Gasteiger partial charge in [-0.1, -0.05) is 23.7 Å². The van der Waals surface area contributed by atoms with Gasteiger partial charge in [-0.3, -0.25) is 19.3 Å². The third-order valence-corrected chi connectivity index (χ3v) is 7.97. The number of aromatic nitrogens is 4. The number of carbonyl (C=O) groups is 2. The number of alkyl halides is 2. The van der Waals surface area contributed by atoms with Crippen LogP contribution in [0, 0.1) is 24.6 Å². The fraction of sp³-hybridized carbons (Fsp3) is 0.276. The normalized spacial score (nSPS) is 18.5. The number of hydrogen-bond donors (Lipinski definition) is 1. The van der Waals surface area contributed by atoms with Crippen LogP contribution in [0.1, 0.15) is 53.0 Å². The van der Waals surface area contributed by atoms with Crippen molar-refractivity contribution in [1.29, 1.82) is 0 Å². The number of amides is 2. The molecule has 2 aromatic carbocycles. The largest absolute Gasteiger partial charge is 0.318 e. The summed E-state index contributed by atoms with van der Waals surface area (Å²) in [6.07, 6.45) is 3.37. The van der Waals surface area contributed by atoms with Crippen molar-refractivity contribution in [2.75, 3.05) is 16.8 Å². The van der Waals surface area contributed by atoms with Gasteiger partial charge in [0.15, 0.2) is 5.82 Å². The summed E-state index contributed by atoms with van der Waals surface area (Å²) in [5.41, 5.74) is 1.70. The first-order valence-electron chi connectivity index (χ1n) is 13.0. The second-order valence-electron chi connectivity index (χ2n) is 10.3. The van der Waals surface area contributed by atoms with Crippen LogP contribution in [0.5, 0.6) is 0 Å². The summed E-state index contributed by atoms with van der Waals surface area (Å²) in [5, 5.41) is 6.69. The molecule has 3 atom stereocenters. The van der Waals surface area contributed by atoms with Crippen LogP contribution >= 0.6 is 11.6 Å². The zero-order chi connectivity index (χ0) is 29.0. The van der Waals surface area contributed by atoms with Gasteiger partial charge in [0.25, 0.3) is 12.3 Å². The van der Waals surface area contributed by atoms with Gasteiger partial charge >= 0.3 is 0 Å². The summed E-state index contributed by atoms with van der Waals surface area (Å²) in [5.74, 6) is -0.876. The molecular formula is C29H24ClF3N6O2. The van der Waals surface area contributed by atoms with Gasteiger partial charge < -0.3 is 10.2 Å². The van der Waals surface area contributed by atoms with E-state index < -0.39 is 29.3 Å². The van der Waals surface area contributed by atoms with Crippen LogP contribution in [0.2, 0.25) is 5.02 Å². The lowest BCUT2D eigenvalue weighted by Crippen LogP contribution is -2.28. The van der Waals surface area contributed by atoms with E-state index in [2.05, 4.69) is 20.4 Å². The van der Waals surface area contributed by atoms with Crippen molar-refractivity contribution >= 4 is 34.8 Å². The maximum absolute atomic E-state index is 14.7. The van der Waals surface area contributed by atoms with Crippen molar-refractivity contribution in [3.63, 3.8) is 0 Å². The number of fused-ring (bicyclic) bond motifs is 1. The number of nitrogens with zero attached hydrogens (tertiary/aromatic N) is 5. The summed E-state index contributed by atoms with van der Waals surface area (Å²) in [6.45, 7) is 4.72. The monoisotopic (exact) mass is 580 g/mol. The third kappa shape index (κ3) is 4.94. The first-order valence-corrected chi connectivity index (χ1v) is 13.4. The predicted molar refractivity (Wildman–Crippen MR) is 147 cm³/mol. The highest BCUT2D eigenvalue weighted by Gasteiger charge is 2.52. The van der Waals surface area contributed by atoms with Crippen LogP contribution in [0.15, 0.2) is 55.1 Å². The Kier molecular flexibility index (Phi) is 6.77. The maximum atomic E-state index is 14.7. The molecule has 1 aliphatic heterocycles. The van der Waals surface area contributed by atoms with Crippen LogP contribution in [-0.4, -0.2) is 38.1 Å². The van der Waals surface area contributed by atoms with Crippen LogP contribution in [0.4, 0.5) is 24.5 Å². The minimum Gasteiger partial charge on any atom is -0.318 e. The van der Waals surface area contributed by atoms with Gasteiger partial charge in [-0.25, -0.2) is 18.2 Å². The van der Waals surface area contributed by atoms with E-state index in [9.17, 15) is 22.8 Å². The van der Waals surface area contributed by atoms with Gasteiger partial charge in [-0.05, 0) is 55.5 Å². The average Bonchev–Trinajstić information content (AvgIpc) is 3.45. The van der Waals surface area contributed by atoms with Gasteiger partial charge in [0.1, 0.15) is 5.69 Å². The Morgan fingerprint density at radius 1 is 1.15 bits per heavy atom. The van der Waals surface area contributed by atoms with Crippen molar-refractivity contribution in [2.24, 2.45) is 11.8 Å². The second kappa shape index (κ2) is 10.3. The minimum absolute atomic E-state index is 0.181. The van der Waals surface area contributed by atoms with Crippen molar-refractivity contribution in [3.05, 3.63) is 88.3 Å². The van der Waals surface area contributed by atoms with E-state index in [0.717, 1.165) is 54.3 Å². The van der Waals surface area contributed by atoms with Gasteiger partial charge in [0.05, 0.1) is 41.0 Å². The van der Waals surface area contributed by atoms with Crippen molar-refractivity contribution < 1.29 is 22.8 Å². The van der Waals surface area contributed by atoms with E-state index in [1.165, 1.54) is 6.20 Å². The highest BCUT2D eigenvalue weighted by molar-refractivity contribution is 6.31. The van der Waals surface area contributed by atoms with Gasteiger partial charge in [0, 0.05) is 35.5 Å². The van der Waals surface area contributed by atoms with Crippen molar-refractivity contribution in [2.45, 2.75) is 32.7 Å². The van der Waals surface area contributed by atoms with Crippen molar-refractivity contribution in [1.82, 2.24) is 19.7 Å². The van der Waals surface area contributed by atoms with Gasteiger partial charge in [-0.2, -0.15) is 5.10 Å². The molecule has 6 rings (SSSR count). The van der Waals surface area contributed by atoms with Gasteiger partial charge in [0.2, 0.25) is 5.91 Å². The number of piperidine rings is 1. The Morgan fingerprint density at radius 2 is 1.93 bits per heavy atom. The number of halogens is 4. The fourth-order valence-electron chi connectivity index (χ4n) is 5.36. The Morgan fingerprint density at radius 3 is 2.63 bits per heavy atom. The molecule has 2 aliphatic rings. The van der Waals surface area contributed by atoms with Crippen LogP contribution < -0.4 is 10.2 Å².